The van der Waals surface area contributed by atoms with Crippen LogP contribution in [0.4, 0.5) is 23.4 Å². The van der Waals surface area contributed by atoms with Gasteiger partial charge in [-0.2, -0.15) is 23.5 Å². The SMILES string of the molecule is CCN1C(=O)[C@H](NC(=O)c2cccc(C(F)(F)F)c2)[C@H](c2ccc(F)cc2)c2c(C(=O)N3CCC[C@H]3C#N)nn(-c3cccc(OCCN(C)C4COC4)c3)c21. The maximum absolute atomic E-state index is 14.7. The zero-order valence-corrected chi connectivity index (χ0v) is 30.6. The van der Waals surface area contributed by atoms with Crippen LogP contribution in [0.1, 0.15) is 63.2 Å². The molecule has 12 nitrogen and oxygen atoms in total. The summed E-state index contributed by atoms with van der Waals surface area (Å²) < 4.78 is 68.1. The van der Waals surface area contributed by atoms with Gasteiger partial charge in [-0.25, -0.2) is 9.07 Å². The molecule has 0 saturated carbocycles. The summed E-state index contributed by atoms with van der Waals surface area (Å²) in [5, 5.41) is 17.4. The van der Waals surface area contributed by atoms with Crippen LogP contribution in [0.2, 0.25) is 0 Å². The number of halogens is 4. The second-order valence-electron chi connectivity index (χ2n) is 13.9. The number of benzene rings is 3. The van der Waals surface area contributed by atoms with Gasteiger partial charge in [0, 0.05) is 42.7 Å². The largest absolute Gasteiger partial charge is 0.492 e. The van der Waals surface area contributed by atoms with Gasteiger partial charge in [-0.1, -0.05) is 24.3 Å². The number of hydrogen-bond donors (Lipinski definition) is 1. The van der Waals surface area contributed by atoms with Crippen molar-refractivity contribution in [2.75, 3.05) is 51.4 Å². The predicted molar refractivity (Wildman–Crippen MR) is 195 cm³/mol. The van der Waals surface area contributed by atoms with Crippen LogP contribution in [0.15, 0.2) is 72.8 Å². The van der Waals surface area contributed by atoms with Crippen molar-refractivity contribution in [1.29, 1.82) is 5.26 Å². The number of likely N-dealkylation sites (N-methyl/N-ethyl adjacent to an activating group) is 2. The minimum atomic E-state index is -4.73. The molecule has 4 heterocycles. The molecule has 0 spiro atoms. The van der Waals surface area contributed by atoms with Gasteiger partial charge in [-0.15, -0.1) is 0 Å². The second-order valence-corrected chi connectivity index (χ2v) is 13.9. The number of nitriles is 1. The summed E-state index contributed by atoms with van der Waals surface area (Å²) in [6.45, 7) is 4.32. The third-order valence-electron chi connectivity index (χ3n) is 10.5. The number of anilines is 1. The number of ether oxygens (including phenoxy) is 2. The van der Waals surface area contributed by atoms with Crippen LogP contribution >= 0.6 is 0 Å². The minimum absolute atomic E-state index is 0.0369. The number of amides is 3. The van der Waals surface area contributed by atoms with Gasteiger partial charge in [0.1, 0.15) is 36.1 Å². The molecular formula is C40H39F4N7O5. The van der Waals surface area contributed by atoms with E-state index in [-0.39, 0.29) is 35.7 Å². The van der Waals surface area contributed by atoms with E-state index in [1.165, 1.54) is 44.8 Å². The van der Waals surface area contributed by atoms with Gasteiger partial charge in [-0.05, 0) is 74.8 Å². The van der Waals surface area contributed by atoms with Gasteiger partial charge < -0.3 is 19.7 Å². The molecule has 16 heteroatoms. The fraction of sp³-hybridized carbons (Fsp3) is 0.375. The summed E-state index contributed by atoms with van der Waals surface area (Å²) in [5.41, 5.74) is -0.508. The van der Waals surface area contributed by atoms with Gasteiger partial charge in [0.25, 0.3) is 17.7 Å². The van der Waals surface area contributed by atoms with E-state index >= 15 is 0 Å². The summed E-state index contributed by atoms with van der Waals surface area (Å²) in [7, 11) is 1.99. The maximum atomic E-state index is 14.7. The molecule has 292 valence electrons. The van der Waals surface area contributed by atoms with Crippen LogP contribution in [0.5, 0.6) is 5.75 Å². The van der Waals surface area contributed by atoms with E-state index in [4.69, 9.17) is 14.6 Å². The van der Waals surface area contributed by atoms with E-state index in [1.54, 1.807) is 31.2 Å². The Labute approximate surface area is 320 Å². The molecule has 3 amide bonds. The number of nitrogens with zero attached hydrogens (tertiary/aromatic N) is 6. The fourth-order valence-corrected chi connectivity index (χ4v) is 7.38. The van der Waals surface area contributed by atoms with Crippen molar-refractivity contribution < 1.29 is 41.4 Å². The average Bonchev–Trinajstić information content (AvgIpc) is 3.80. The first-order valence-corrected chi connectivity index (χ1v) is 18.3. The lowest BCUT2D eigenvalue weighted by Gasteiger charge is -2.38. The predicted octanol–water partition coefficient (Wildman–Crippen LogP) is 5.16. The Hall–Kier alpha value is -5.79. The molecule has 0 aliphatic carbocycles. The summed E-state index contributed by atoms with van der Waals surface area (Å²) >= 11 is 0. The smallest absolute Gasteiger partial charge is 0.416 e. The lowest BCUT2D eigenvalue weighted by Crippen LogP contribution is -2.55. The lowest BCUT2D eigenvalue weighted by atomic mass is 9.80. The van der Waals surface area contributed by atoms with E-state index in [9.17, 15) is 37.2 Å². The zero-order chi connectivity index (χ0) is 39.7. The summed E-state index contributed by atoms with van der Waals surface area (Å²) in [6, 6.07) is 16.2. The average molecular weight is 774 g/mol. The quantitative estimate of drug-likeness (QED) is 0.207. The number of hydrogen-bond acceptors (Lipinski definition) is 8. The molecule has 56 heavy (non-hydrogen) atoms. The first kappa shape index (κ1) is 38.5. The Kier molecular flexibility index (Phi) is 10.8. The highest BCUT2D eigenvalue weighted by Gasteiger charge is 2.48. The molecule has 0 bridgehead atoms. The molecular weight excluding hydrogens is 734 g/mol. The van der Waals surface area contributed by atoms with Crippen LogP contribution in [0, 0.1) is 17.1 Å². The van der Waals surface area contributed by atoms with Crippen molar-refractivity contribution >= 4 is 23.5 Å². The minimum Gasteiger partial charge on any atom is -0.492 e. The van der Waals surface area contributed by atoms with E-state index in [0.717, 1.165) is 12.1 Å². The summed E-state index contributed by atoms with van der Waals surface area (Å²) in [4.78, 5) is 47.9. The summed E-state index contributed by atoms with van der Waals surface area (Å²) in [6.07, 6.45) is -3.71. The molecule has 1 aromatic heterocycles. The highest BCUT2D eigenvalue weighted by Crippen LogP contribution is 2.45. The third kappa shape index (κ3) is 7.44. The maximum Gasteiger partial charge on any atom is 0.416 e. The Bertz CT molecular complexity index is 2160. The van der Waals surface area contributed by atoms with Crippen LogP contribution in [0.25, 0.3) is 5.69 Å². The number of fused-ring (bicyclic) bond motifs is 1. The molecule has 1 N–H and O–H groups in total. The topological polar surface area (TPSA) is 133 Å². The molecule has 4 aromatic rings. The van der Waals surface area contributed by atoms with Gasteiger partial charge in [0.05, 0.1) is 36.6 Å². The number of aromatic nitrogens is 2. The van der Waals surface area contributed by atoms with Crippen molar-refractivity contribution in [1.82, 2.24) is 24.9 Å². The fourth-order valence-electron chi connectivity index (χ4n) is 7.38. The standard InChI is InChI=1S/C40H39F4N7O5/c1-3-49-37-33(32(24-12-14-27(41)15-13-24)34(38(49)53)46-36(52)25-7-4-8-26(19-25)40(42,43)44)35(39(54)50-16-6-10-29(50)21-45)47-51(37)28-9-5-11-31(20-28)56-18-17-48(2)30-22-55-23-30/h4-5,7-9,11-15,19-20,29-30,32,34H,3,6,10,16-18,22-23H2,1-2H3,(H,46,52)/t29-,32+,34+/m0/s1. The Morgan fingerprint density at radius 2 is 1.84 bits per heavy atom. The highest BCUT2D eigenvalue weighted by atomic mass is 19.4. The molecule has 3 atom stereocenters. The van der Waals surface area contributed by atoms with Gasteiger partial charge in [0.15, 0.2) is 5.69 Å². The number of rotatable bonds is 11. The molecule has 2 fully saturated rings. The van der Waals surface area contributed by atoms with Gasteiger partial charge in [-0.3, -0.25) is 24.2 Å². The molecule has 0 radical (unpaired) electrons. The molecule has 3 aliphatic rings. The van der Waals surface area contributed by atoms with Crippen molar-refractivity contribution in [3.63, 3.8) is 0 Å². The highest BCUT2D eigenvalue weighted by molar-refractivity contribution is 6.07. The number of nitrogens with one attached hydrogen (secondary N) is 1. The van der Waals surface area contributed by atoms with E-state index in [2.05, 4.69) is 16.3 Å². The van der Waals surface area contributed by atoms with Crippen molar-refractivity contribution in [2.24, 2.45) is 0 Å². The van der Waals surface area contributed by atoms with Crippen LogP contribution in [-0.2, 0) is 15.7 Å². The Morgan fingerprint density at radius 1 is 1.09 bits per heavy atom. The van der Waals surface area contributed by atoms with E-state index in [1.807, 2.05) is 7.05 Å². The summed E-state index contributed by atoms with van der Waals surface area (Å²) in [5.74, 6) is -3.24. The number of carbonyl (C=O) groups is 3. The molecule has 3 aliphatic heterocycles. The second kappa shape index (κ2) is 15.8. The molecule has 2 saturated heterocycles. The monoisotopic (exact) mass is 773 g/mol. The Morgan fingerprint density at radius 3 is 2.52 bits per heavy atom. The first-order chi connectivity index (χ1) is 26.9. The lowest BCUT2D eigenvalue weighted by molar-refractivity contribution is -0.137. The number of alkyl halides is 3. The third-order valence-corrected chi connectivity index (χ3v) is 10.5. The normalized spacial score (nSPS) is 19.8. The molecule has 3 aromatic carbocycles. The first-order valence-electron chi connectivity index (χ1n) is 18.3. The number of likely N-dealkylation sites (tertiary alicyclic amines) is 1. The number of carbonyl (C=O) groups excluding carboxylic acids is 3. The molecule has 7 rings (SSSR count). The van der Waals surface area contributed by atoms with Crippen LogP contribution < -0.4 is 15.0 Å². The van der Waals surface area contributed by atoms with Gasteiger partial charge in [0.2, 0.25) is 0 Å². The van der Waals surface area contributed by atoms with Crippen molar-refractivity contribution in [2.45, 2.75) is 50.0 Å². The van der Waals surface area contributed by atoms with Gasteiger partial charge >= 0.3 is 6.18 Å². The van der Waals surface area contributed by atoms with E-state index in [0.29, 0.717) is 68.3 Å². The van der Waals surface area contributed by atoms with Crippen molar-refractivity contribution in [3.05, 3.63) is 107 Å². The van der Waals surface area contributed by atoms with E-state index < -0.39 is 53.3 Å². The van der Waals surface area contributed by atoms with Crippen molar-refractivity contribution in [3.8, 4) is 17.5 Å². The zero-order valence-electron chi connectivity index (χ0n) is 30.6. The van der Waals surface area contributed by atoms with Crippen LogP contribution in [-0.4, -0.2) is 102 Å². The molecule has 0 unspecified atom stereocenters. The Balaban J connectivity index is 1.36. The van der Waals surface area contributed by atoms with Crippen LogP contribution in [0.3, 0.4) is 0 Å².